The molecule has 5 nitrogen and oxygen atoms in total. The van der Waals surface area contributed by atoms with Gasteiger partial charge in [-0.1, -0.05) is 0 Å². The number of ether oxygens (including phenoxy) is 1. The fourth-order valence-electron chi connectivity index (χ4n) is 3.53. The molecule has 0 spiro atoms. The number of nitro benzene ring substituents is 1. The van der Waals surface area contributed by atoms with Crippen LogP contribution in [0.3, 0.4) is 0 Å². The standard InChI is InChI=1S/C15H20N2O3/c1-20-15-9-11-5-4-6-13(16-7-2-3-8-16)12(11)10-14(15)17(18)19/h9-10,13H,2-8H2,1H3. The van der Waals surface area contributed by atoms with Gasteiger partial charge in [0, 0.05) is 12.1 Å². The van der Waals surface area contributed by atoms with Gasteiger partial charge < -0.3 is 4.74 Å². The van der Waals surface area contributed by atoms with E-state index in [1.807, 2.05) is 6.07 Å². The van der Waals surface area contributed by atoms with Crippen LogP contribution in [0.1, 0.15) is 42.9 Å². The first kappa shape index (κ1) is 13.4. The number of benzene rings is 1. The number of hydrogen-bond acceptors (Lipinski definition) is 4. The van der Waals surface area contributed by atoms with E-state index in [0.29, 0.717) is 11.8 Å². The molecular formula is C15H20N2O3. The Labute approximate surface area is 118 Å². The molecule has 0 aromatic heterocycles. The van der Waals surface area contributed by atoms with E-state index in [9.17, 15) is 10.1 Å². The lowest BCUT2D eigenvalue weighted by Crippen LogP contribution is -2.28. The van der Waals surface area contributed by atoms with E-state index in [1.165, 1.54) is 25.5 Å². The van der Waals surface area contributed by atoms with Crippen LogP contribution in [0.2, 0.25) is 0 Å². The summed E-state index contributed by atoms with van der Waals surface area (Å²) in [6.07, 6.45) is 5.73. The lowest BCUT2D eigenvalue weighted by Gasteiger charge is -2.33. The molecule has 1 aliphatic heterocycles. The van der Waals surface area contributed by atoms with Gasteiger partial charge in [-0.3, -0.25) is 15.0 Å². The Hall–Kier alpha value is -1.62. The van der Waals surface area contributed by atoms with Gasteiger partial charge >= 0.3 is 5.69 Å². The Morgan fingerprint density at radius 1 is 1.30 bits per heavy atom. The van der Waals surface area contributed by atoms with Crippen molar-refractivity contribution in [1.29, 1.82) is 0 Å². The average Bonchev–Trinajstić information content (AvgIpc) is 2.99. The average molecular weight is 276 g/mol. The Morgan fingerprint density at radius 2 is 2.05 bits per heavy atom. The molecule has 1 heterocycles. The molecule has 1 fully saturated rings. The number of aryl methyl sites for hydroxylation is 1. The van der Waals surface area contributed by atoms with E-state index in [-0.39, 0.29) is 10.6 Å². The Kier molecular flexibility index (Phi) is 3.61. The van der Waals surface area contributed by atoms with Crippen molar-refractivity contribution in [3.63, 3.8) is 0 Å². The molecule has 20 heavy (non-hydrogen) atoms. The van der Waals surface area contributed by atoms with Crippen molar-refractivity contribution in [2.45, 2.75) is 38.1 Å². The smallest absolute Gasteiger partial charge is 0.311 e. The van der Waals surface area contributed by atoms with Crippen LogP contribution in [0, 0.1) is 10.1 Å². The van der Waals surface area contributed by atoms with Gasteiger partial charge in [-0.2, -0.15) is 0 Å². The second-order valence-electron chi connectivity index (χ2n) is 5.63. The molecule has 0 radical (unpaired) electrons. The van der Waals surface area contributed by atoms with Crippen molar-refractivity contribution in [2.75, 3.05) is 20.2 Å². The van der Waals surface area contributed by atoms with E-state index in [0.717, 1.165) is 37.9 Å². The van der Waals surface area contributed by atoms with Crippen LogP contribution < -0.4 is 4.74 Å². The Morgan fingerprint density at radius 3 is 2.70 bits per heavy atom. The molecule has 108 valence electrons. The first-order chi connectivity index (χ1) is 9.70. The van der Waals surface area contributed by atoms with Gasteiger partial charge in [0.2, 0.25) is 0 Å². The number of fused-ring (bicyclic) bond motifs is 1. The number of hydrogen-bond donors (Lipinski definition) is 0. The first-order valence-corrected chi connectivity index (χ1v) is 7.30. The number of likely N-dealkylation sites (tertiary alicyclic amines) is 1. The summed E-state index contributed by atoms with van der Waals surface area (Å²) >= 11 is 0. The van der Waals surface area contributed by atoms with Crippen LogP contribution in [0.15, 0.2) is 12.1 Å². The number of nitrogens with zero attached hydrogens (tertiary/aromatic N) is 2. The second-order valence-corrected chi connectivity index (χ2v) is 5.63. The van der Waals surface area contributed by atoms with Crippen LogP contribution in [-0.4, -0.2) is 30.0 Å². The summed E-state index contributed by atoms with van der Waals surface area (Å²) < 4.78 is 5.18. The molecule has 2 aliphatic rings. The zero-order valence-electron chi connectivity index (χ0n) is 11.8. The maximum absolute atomic E-state index is 11.2. The van der Waals surface area contributed by atoms with E-state index in [2.05, 4.69) is 4.90 Å². The highest BCUT2D eigenvalue weighted by Crippen LogP contribution is 2.41. The van der Waals surface area contributed by atoms with Crippen molar-refractivity contribution >= 4 is 5.69 Å². The summed E-state index contributed by atoms with van der Waals surface area (Å²) in [6, 6.07) is 3.97. The third-order valence-corrected chi connectivity index (χ3v) is 4.50. The molecule has 5 heteroatoms. The molecule has 0 saturated carbocycles. The monoisotopic (exact) mass is 276 g/mol. The molecule has 1 unspecified atom stereocenters. The highest BCUT2D eigenvalue weighted by Gasteiger charge is 2.30. The van der Waals surface area contributed by atoms with Gasteiger partial charge in [0.05, 0.1) is 12.0 Å². The summed E-state index contributed by atoms with van der Waals surface area (Å²) in [4.78, 5) is 13.3. The lowest BCUT2D eigenvalue weighted by molar-refractivity contribution is -0.385. The predicted octanol–water partition coefficient (Wildman–Crippen LogP) is 3.08. The third kappa shape index (κ3) is 2.26. The molecule has 0 bridgehead atoms. The van der Waals surface area contributed by atoms with Gasteiger partial charge in [-0.05, 0) is 62.4 Å². The summed E-state index contributed by atoms with van der Waals surface area (Å²) in [7, 11) is 1.50. The van der Waals surface area contributed by atoms with E-state index < -0.39 is 0 Å². The predicted molar refractivity (Wildman–Crippen MR) is 76.1 cm³/mol. The fourth-order valence-corrected chi connectivity index (χ4v) is 3.53. The van der Waals surface area contributed by atoms with Gasteiger partial charge in [0.15, 0.2) is 5.75 Å². The lowest BCUT2D eigenvalue weighted by atomic mass is 9.86. The van der Waals surface area contributed by atoms with Crippen molar-refractivity contribution in [1.82, 2.24) is 4.90 Å². The Balaban J connectivity index is 2.03. The zero-order chi connectivity index (χ0) is 14.1. The third-order valence-electron chi connectivity index (χ3n) is 4.50. The summed E-state index contributed by atoms with van der Waals surface area (Å²) in [5.74, 6) is 0.385. The Bertz CT molecular complexity index is 524. The molecule has 1 saturated heterocycles. The number of nitro groups is 1. The minimum Gasteiger partial charge on any atom is -0.490 e. The molecule has 3 rings (SSSR count). The van der Waals surface area contributed by atoms with Gasteiger partial charge in [0.1, 0.15) is 0 Å². The largest absolute Gasteiger partial charge is 0.490 e. The highest BCUT2D eigenvalue weighted by molar-refractivity contribution is 5.53. The minimum absolute atomic E-state index is 0.0948. The van der Waals surface area contributed by atoms with E-state index >= 15 is 0 Å². The van der Waals surface area contributed by atoms with Gasteiger partial charge in [-0.25, -0.2) is 0 Å². The molecule has 1 aliphatic carbocycles. The minimum atomic E-state index is -0.339. The van der Waals surface area contributed by atoms with Crippen molar-refractivity contribution in [3.05, 3.63) is 33.4 Å². The van der Waals surface area contributed by atoms with Gasteiger partial charge in [-0.15, -0.1) is 0 Å². The van der Waals surface area contributed by atoms with Crippen molar-refractivity contribution in [3.8, 4) is 5.75 Å². The zero-order valence-corrected chi connectivity index (χ0v) is 11.8. The first-order valence-electron chi connectivity index (χ1n) is 7.30. The summed E-state index contributed by atoms with van der Waals surface area (Å²) in [5.41, 5.74) is 2.46. The molecule has 0 amide bonds. The van der Waals surface area contributed by atoms with E-state index in [1.54, 1.807) is 6.07 Å². The topological polar surface area (TPSA) is 55.6 Å². The highest BCUT2D eigenvalue weighted by atomic mass is 16.6. The molecule has 1 atom stereocenters. The van der Waals surface area contributed by atoms with Gasteiger partial charge in [0.25, 0.3) is 0 Å². The summed E-state index contributed by atoms with van der Waals surface area (Å²) in [5, 5.41) is 11.2. The fraction of sp³-hybridized carbons (Fsp3) is 0.600. The molecular weight excluding hydrogens is 256 g/mol. The van der Waals surface area contributed by atoms with Crippen molar-refractivity contribution < 1.29 is 9.66 Å². The maximum Gasteiger partial charge on any atom is 0.311 e. The normalized spacial score (nSPS) is 22.6. The van der Waals surface area contributed by atoms with Crippen LogP contribution in [0.5, 0.6) is 5.75 Å². The number of rotatable bonds is 3. The molecule has 1 aromatic rings. The second kappa shape index (κ2) is 5.40. The van der Waals surface area contributed by atoms with Crippen LogP contribution in [0.4, 0.5) is 5.69 Å². The van der Waals surface area contributed by atoms with Crippen LogP contribution in [-0.2, 0) is 6.42 Å². The summed E-state index contributed by atoms with van der Waals surface area (Å²) in [6.45, 7) is 2.23. The van der Waals surface area contributed by atoms with E-state index in [4.69, 9.17) is 4.74 Å². The van der Waals surface area contributed by atoms with Crippen LogP contribution >= 0.6 is 0 Å². The van der Waals surface area contributed by atoms with Crippen LogP contribution in [0.25, 0.3) is 0 Å². The molecule has 0 N–H and O–H groups in total. The quantitative estimate of drug-likeness (QED) is 0.629. The maximum atomic E-state index is 11.2. The van der Waals surface area contributed by atoms with Crippen molar-refractivity contribution in [2.24, 2.45) is 0 Å². The SMILES string of the molecule is COc1cc2c(cc1[N+](=O)[O-])C(N1CCCC1)CCC2. The number of methoxy groups -OCH3 is 1. The molecule has 1 aromatic carbocycles.